The standard InChI is InChI=1S/C16H16ClN/c1-10(2)15-11-6-4-5-7-12(11)16(17)14-9-18(3)8-13(14)15/h4-7H,1,8-9H2,2-3H3. The molecule has 0 saturated carbocycles. The average Bonchev–Trinajstić information content (AvgIpc) is 2.71. The second-order valence-corrected chi connectivity index (χ2v) is 5.52. The Morgan fingerprint density at radius 1 is 1.17 bits per heavy atom. The van der Waals surface area contributed by atoms with Crippen LogP contribution in [0.25, 0.3) is 16.3 Å². The van der Waals surface area contributed by atoms with Crippen molar-refractivity contribution in [2.45, 2.75) is 20.0 Å². The Morgan fingerprint density at radius 2 is 1.78 bits per heavy atom. The Balaban J connectivity index is 2.47. The molecule has 92 valence electrons. The summed E-state index contributed by atoms with van der Waals surface area (Å²) in [6.45, 7) is 8.11. The molecule has 18 heavy (non-hydrogen) atoms. The largest absolute Gasteiger partial charge is 0.298 e. The molecule has 0 atom stereocenters. The lowest BCUT2D eigenvalue weighted by Gasteiger charge is -2.14. The van der Waals surface area contributed by atoms with E-state index in [1.54, 1.807) is 0 Å². The van der Waals surface area contributed by atoms with Crippen LogP contribution in [0, 0.1) is 0 Å². The Kier molecular flexibility index (Phi) is 2.69. The molecule has 3 rings (SSSR count). The molecule has 2 aromatic carbocycles. The third-order valence-electron chi connectivity index (χ3n) is 3.65. The van der Waals surface area contributed by atoms with Crippen molar-refractivity contribution in [2.75, 3.05) is 7.05 Å². The summed E-state index contributed by atoms with van der Waals surface area (Å²) >= 11 is 6.57. The van der Waals surface area contributed by atoms with Crippen LogP contribution in [0.4, 0.5) is 0 Å². The van der Waals surface area contributed by atoms with Crippen molar-refractivity contribution in [3.05, 3.63) is 52.6 Å². The molecule has 0 radical (unpaired) electrons. The minimum Gasteiger partial charge on any atom is -0.298 e. The van der Waals surface area contributed by atoms with Crippen molar-refractivity contribution < 1.29 is 0 Å². The molecule has 0 unspecified atom stereocenters. The van der Waals surface area contributed by atoms with Gasteiger partial charge < -0.3 is 0 Å². The Morgan fingerprint density at radius 3 is 2.44 bits per heavy atom. The van der Waals surface area contributed by atoms with Crippen LogP contribution < -0.4 is 0 Å². The van der Waals surface area contributed by atoms with Crippen molar-refractivity contribution in [1.82, 2.24) is 4.90 Å². The lowest BCUT2D eigenvalue weighted by atomic mass is 9.92. The van der Waals surface area contributed by atoms with Crippen LogP contribution in [0.3, 0.4) is 0 Å². The van der Waals surface area contributed by atoms with Gasteiger partial charge in [-0.05, 0) is 36.0 Å². The molecule has 0 N–H and O–H groups in total. The van der Waals surface area contributed by atoms with Crippen molar-refractivity contribution in [3.63, 3.8) is 0 Å². The summed E-state index contributed by atoms with van der Waals surface area (Å²) in [5.41, 5.74) is 5.04. The van der Waals surface area contributed by atoms with E-state index in [0.29, 0.717) is 0 Å². The number of allylic oxidation sites excluding steroid dienone is 1. The predicted octanol–water partition coefficient (Wildman–Crippen LogP) is 4.47. The van der Waals surface area contributed by atoms with Crippen LogP contribution in [0.2, 0.25) is 5.02 Å². The van der Waals surface area contributed by atoms with Crippen molar-refractivity contribution in [2.24, 2.45) is 0 Å². The zero-order valence-electron chi connectivity index (χ0n) is 10.8. The summed E-state index contributed by atoms with van der Waals surface area (Å²) in [7, 11) is 2.13. The molecule has 0 aromatic heterocycles. The van der Waals surface area contributed by atoms with Gasteiger partial charge in [0.05, 0.1) is 5.02 Å². The molecule has 1 aliphatic rings. The van der Waals surface area contributed by atoms with E-state index in [9.17, 15) is 0 Å². The van der Waals surface area contributed by atoms with Crippen LogP contribution >= 0.6 is 11.6 Å². The van der Waals surface area contributed by atoms with Crippen LogP contribution in [-0.4, -0.2) is 11.9 Å². The van der Waals surface area contributed by atoms with E-state index in [1.807, 2.05) is 6.07 Å². The smallest absolute Gasteiger partial charge is 0.0533 e. The van der Waals surface area contributed by atoms with E-state index in [0.717, 1.165) is 29.1 Å². The monoisotopic (exact) mass is 257 g/mol. The van der Waals surface area contributed by atoms with Crippen molar-refractivity contribution in [1.29, 1.82) is 0 Å². The summed E-state index contributed by atoms with van der Waals surface area (Å²) in [5, 5.41) is 3.28. The summed E-state index contributed by atoms with van der Waals surface area (Å²) in [6, 6.07) is 8.35. The van der Waals surface area contributed by atoms with Gasteiger partial charge in [-0.3, -0.25) is 4.90 Å². The maximum Gasteiger partial charge on any atom is 0.0533 e. The maximum absolute atomic E-state index is 6.57. The normalized spacial score (nSPS) is 15.1. The number of benzene rings is 2. The fourth-order valence-electron chi connectivity index (χ4n) is 2.92. The molecule has 0 saturated heterocycles. The number of nitrogens with zero attached hydrogens (tertiary/aromatic N) is 1. The highest BCUT2D eigenvalue weighted by Gasteiger charge is 2.24. The molecule has 0 bridgehead atoms. The minimum absolute atomic E-state index is 0.912. The highest BCUT2D eigenvalue weighted by molar-refractivity contribution is 6.37. The molecular weight excluding hydrogens is 242 g/mol. The van der Waals surface area contributed by atoms with E-state index in [1.165, 1.54) is 22.1 Å². The summed E-state index contributed by atoms with van der Waals surface area (Å²) in [4.78, 5) is 2.29. The number of rotatable bonds is 1. The van der Waals surface area contributed by atoms with Gasteiger partial charge in [-0.15, -0.1) is 0 Å². The van der Waals surface area contributed by atoms with Gasteiger partial charge in [-0.25, -0.2) is 0 Å². The van der Waals surface area contributed by atoms with E-state index < -0.39 is 0 Å². The first-order chi connectivity index (χ1) is 8.59. The van der Waals surface area contributed by atoms with E-state index in [4.69, 9.17) is 11.6 Å². The maximum atomic E-state index is 6.57. The van der Waals surface area contributed by atoms with Crippen molar-refractivity contribution >= 4 is 27.9 Å². The van der Waals surface area contributed by atoms with E-state index in [2.05, 4.69) is 43.6 Å². The molecule has 1 heterocycles. The number of hydrogen-bond acceptors (Lipinski definition) is 1. The number of hydrogen-bond donors (Lipinski definition) is 0. The molecule has 0 aliphatic carbocycles. The van der Waals surface area contributed by atoms with Crippen molar-refractivity contribution in [3.8, 4) is 0 Å². The summed E-state index contributed by atoms with van der Waals surface area (Å²) in [5.74, 6) is 0. The SMILES string of the molecule is C=C(C)c1c2c(c(Cl)c3ccccc13)CN(C)C2. The van der Waals surface area contributed by atoms with E-state index >= 15 is 0 Å². The lowest BCUT2D eigenvalue weighted by Crippen LogP contribution is -2.07. The topological polar surface area (TPSA) is 3.24 Å². The molecule has 2 heteroatoms. The first kappa shape index (κ1) is 11.8. The van der Waals surface area contributed by atoms with Crippen LogP contribution in [0.1, 0.15) is 23.6 Å². The number of halogens is 1. The summed E-state index contributed by atoms with van der Waals surface area (Å²) < 4.78 is 0. The molecule has 1 aliphatic heterocycles. The quantitative estimate of drug-likeness (QED) is 0.729. The van der Waals surface area contributed by atoms with Gasteiger partial charge in [0.15, 0.2) is 0 Å². The average molecular weight is 258 g/mol. The molecular formula is C16H16ClN. The van der Waals surface area contributed by atoms with Crippen LogP contribution in [0.15, 0.2) is 30.8 Å². The summed E-state index contributed by atoms with van der Waals surface area (Å²) in [6.07, 6.45) is 0. The Labute approximate surface area is 113 Å². The van der Waals surface area contributed by atoms with E-state index in [-0.39, 0.29) is 0 Å². The highest BCUT2D eigenvalue weighted by atomic mass is 35.5. The van der Waals surface area contributed by atoms with Gasteiger partial charge in [0.1, 0.15) is 0 Å². The van der Waals surface area contributed by atoms with Gasteiger partial charge in [0.25, 0.3) is 0 Å². The van der Waals surface area contributed by atoms with Gasteiger partial charge in [-0.2, -0.15) is 0 Å². The second kappa shape index (κ2) is 4.11. The molecule has 0 fully saturated rings. The number of fused-ring (bicyclic) bond motifs is 2. The highest BCUT2D eigenvalue weighted by Crippen LogP contribution is 2.40. The Bertz CT molecular complexity index is 658. The third-order valence-corrected chi connectivity index (χ3v) is 4.08. The first-order valence-corrected chi connectivity index (χ1v) is 6.53. The second-order valence-electron chi connectivity index (χ2n) is 5.14. The van der Waals surface area contributed by atoms with Crippen LogP contribution in [-0.2, 0) is 13.1 Å². The third kappa shape index (κ3) is 1.58. The fourth-order valence-corrected chi connectivity index (χ4v) is 3.26. The van der Waals surface area contributed by atoms with Gasteiger partial charge in [-0.1, -0.05) is 48.0 Å². The molecule has 2 aromatic rings. The van der Waals surface area contributed by atoms with Gasteiger partial charge in [0.2, 0.25) is 0 Å². The zero-order chi connectivity index (χ0) is 12.9. The fraction of sp³-hybridized carbons (Fsp3) is 0.250. The Hall–Kier alpha value is -1.31. The zero-order valence-corrected chi connectivity index (χ0v) is 11.5. The lowest BCUT2D eigenvalue weighted by molar-refractivity contribution is 0.353. The van der Waals surface area contributed by atoms with Crippen LogP contribution in [0.5, 0.6) is 0 Å². The molecule has 0 amide bonds. The molecule has 0 spiro atoms. The van der Waals surface area contributed by atoms with Gasteiger partial charge in [0, 0.05) is 18.5 Å². The minimum atomic E-state index is 0.912. The first-order valence-electron chi connectivity index (χ1n) is 6.16. The van der Waals surface area contributed by atoms with Gasteiger partial charge >= 0.3 is 0 Å². The predicted molar refractivity (Wildman–Crippen MR) is 78.8 cm³/mol. The molecule has 1 nitrogen and oxygen atoms in total.